The number of esters is 1. The van der Waals surface area contributed by atoms with Gasteiger partial charge in [-0.05, 0) is 49.8 Å². The summed E-state index contributed by atoms with van der Waals surface area (Å²) in [6, 6.07) is 8.04. The molecule has 3 heteroatoms. The van der Waals surface area contributed by atoms with Gasteiger partial charge in [0.05, 0.1) is 6.10 Å². The topological polar surface area (TPSA) is 46.5 Å². The second kappa shape index (κ2) is 24.0. The Hall–Kier alpha value is -1.35. The van der Waals surface area contributed by atoms with Gasteiger partial charge in [-0.2, -0.15) is 0 Å². The molecule has 0 aliphatic rings. The Labute approximate surface area is 223 Å². The number of hydrogen-bond acceptors (Lipinski definition) is 3. The fraction of sp³-hybridized carbons (Fsp3) is 0.788. The van der Waals surface area contributed by atoms with Gasteiger partial charge in [-0.25, -0.2) is 0 Å². The number of aliphatic hydroxyl groups is 1. The maximum atomic E-state index is 12.1. The zero-order valence-corrected chi connectivity index (χ0v) is 23.9. The first-order valence-corrected chi connectivity index (χ1v) is 15.6. The van der Waals surface area contributed by atoms with Crippen molar-refractivity contribution in [2.24, 2.45) is 0 Å². The minimum Gasteiger partial charge on any atom is -0.427 e. The lowest BCUT2D eigenvalue weighted by Gasteiger charge is -2.10. The normalized spacial score (nSPS) is 12.1. The highest BCUT2D eigenvalue weighted by Crippen LogP contribution is 2.17. The lowest BCUT2D eigenvalue weighted by molar-refractivity contribution is -0.134. The van der Waals surface area contributed by atoms with E-state index in [1.54, 1.807) is 0 Å². The zero-order valence-electron chi connectivity index (χ0n) is 23.9. The Morgan fingerprint density at radius 1 is 0.639 bits per heavy atom. The fourth-order valence-electron chi connectivity index (χ4n) is 4.85. The molecule has 3 nitrogen and oxygen atoms in total. The van der Waals surface area contributed by atoms with Crippen molar-refractivity contribution in [3.05, 3.63) is 29.8 Å². The van der Waals surface area contributed by atoms with Gasteiger partial charge in [-0.1, -0.05) is 135 Å². The van der Waals surface area contributed by atoms with Crippen LogP contribution in [0.15, 0.2) is 24.3 Å². The molecule has 0 heterocycles. The molecule has 1 unspecified atom stereocenters. The van der Waals surface area contributed by atoms with Crippen LogP contribution in [-0.4, -0.2) is 17.2 Å². The van der Waals surface area contributed by atoms with Crippen molar-refractivity contribution in [1.29, 1.82) is 0 Å². The van der Waals surface area contributed by atoms with Gasteiger partial charge in [0.25, 0.3) is 0 Å². The number of benzene rings is 1. The van der Waals surface area contributed by atoms with E-state index in [0.29, 0.717) is 12.2 Å². The first kappa shape index (κ1) is 32.7. The predicted octanol–water partition coefficient (Wildman–Crippen LogP) is 10.1. The summed E-state index contributed by atoms with van der Waals surface area (Å²) in [6.07, 6.45) is 27.1. The molecular weight excluding hydrogens is 444 g/mol. The number of aliphatic hydroxyl groups excluding tert-OH is 1. The van der Waals surface area contributed by atoms with Crippen molar-refractivity contribution in [3.63, 3.8) is 0 Å². The van der Waals surface area contributed by atoms with E-state index in [4.69, 9.17) is 4.74 Å². The van der Waals surface area contributed by atoms with Crippen molar-refractivity contribution < 1.29 is 14.6 Å². The SMILES string of the molecule is CCCCCCCCCCCC(O)CCCCCC(=O)Oc1ccc(CCCCCCCCC)cc1. The van der Waals surface area contributed by atoms with Crippen LogP contribution in [-0.2, 0) is 11.2 Å². The minimum atomic E-state index is -0.180. The number of rotatable bonds is 25. The second-order valence-corrected chi connectivity index (χ2v) is 10.9. The summed E-state index contributed by atoms with van der Waals surface area (Å²) >= 11 is 0. The molecule has 0 amide bonds. The van der Waals surface area contributed by atoms with Crippen molar-refractivity contribution in [2.75, 3.05) is 0 Å². The third kappa shape index (κ3) is 19.8. The molecule has 0 aliphatic carbocycles. The Morgan fingerprint density at radius 2 is 1.08 bits per heavy atom. The fourth-order valence-corrected chi connectivity index (χ4v) is 4.85. The summed E-state index contributed by atoms with van der Waals surface area (Å²) in [5.41, 5.74) is 1.32. The lowest BCUT2D eigenvalue weighted by atomic mass is 10.0. The monoisotopic (exact) mass is 502 g/mol. The van der Waals surface area contributed by atoms with E-state index in [0.717, 1.165) is 44.9 Å². The van der Waals surface area contributed by atoms with Gasteiger partial charge in [0.1, 0.15) is 5.75 Å². The van der Waals surface area contributed by atoms with E-state index in [1.807, 2.05) is 12.1 Å². The summed E-state index contributed by atoms with van der Waals surface area (Å²) in [4.78, 5) is 12.1. The Balaban J connectivity index is 1.97. The molecule has 36 heavy (non-hydrogen) atoms. The van der Waals surface area contributed by atoms with Crippen LogP contribution in [0, 0.1) is 0 Å². The Bertz CT molecular complexity index is 610. The minimum absolute atomic E-state index is 0.148. The highest BCUT2D eigenvalue weighted by Gasteiger charge is 2.07. The molecule has 0 fully saturated rings. The number of unbranched alkanes of at least 4 members (excludes halogenated alkanes) is 16. The molecule has 0 bridgehead atoms. The van der Waals surface area contributed by atoms with E-state index in [1.165, 1.54) is 102 Å². The van der Waals surface area contributed by atoms with Crippen molar-refractivity contribution >= 4 is 5.97 Å². The average Bonchev–Trinajstić information content (AvgIpc) is 2.88. The van der Waals surface area contributed by atoms with E-state index in [9.17, 15) is 9.90 Å². The molecule has 1 aromatic carbocycles. The van der Waals surface area contributed by atoms with Crippen LogP contribution in [0.4, 0.5) is 0 Å². The molecule has 0 aliphatic heterocycles. The number of carbonyl (C=O) groups is 1. The van der Waals surface area contributed by atoms with E-state index >= 15 is 0 Å². The molecule has 1 aromatic rings. The molecule has 1 N–H and O–H groups in total. The molecular formula is C33H58O3. The quantitative estimate of drug-likeness (QED) is 0.0821. The van der Waals surface area contributed by atoms with Crippen LogP contribution < -0.4 is 4.74 Å². The van der Waals surface area contributed by atoms with E-state index < -0.39 is 0 Å². The molecule has 1 atom stereocenters. The van der Waals surface area contributed by atoms with Gasteiger partial charge in [-0.3, -0.25) is 4.79 Å². The number of carbonyl (C=O) groups excluding carboxylic acids is 1. The van der Waals surface area contributed by atoms with Crippen LogP contribution in [0.1, 0.15) is 161 Å². The van der Waals surface area contributed by atoms with Crippen LogP contribution in [0.25, 0.3) is 0 Å². The molecule has 208 valence electrons. The third-order valence-electron chi connectivity index (χ3n) is 7.28. The van der Waals surface area contributed by atoms with Gasteiger partial charge in [0.15, 0.2) is 0 Å². The highest BCUT2D eigenvalue weighted by molar-refractivity contribution is 5.72. The third-order valence-corrected chi connectivity index (χ3v) is 7.28. The van der Waals surface area contributed by atoms with Crippen molar-refractivity contribution in [3.8, 4) is 5.75 Å². The highest BCUT2D eigenvalue weighted by atomic mass is 16.5. The summed E-state index contributed by atoms with van der Waals surface area (Å²) in [5.74, 6) is 0.504. The maximum absolute atomic E-state index is 12.1. The largest absolute Gasteiger partial charge is 0.427 e. The lowest BCUT2D eigenvalue weighted by Crippen LogP contribution is -2.08. The van der Waals surface area contributed by atoms with Crippen LogP contribution in [0.3, 0.4) is 0 Å². The molecule has 0 aromatic heterocycles. The first-order valence-electron chi connectivity index (χ1n) is 15.6. The summed E-state index contributed by atoms with van der Waals surface area (Å²) in [6.45, 7) is 4.52. The Morgan fingerprint density at radius 3 is 1.61 bits per heavy atom. The van der Waals surface area contributed by atoms with Gasteiger partial charge in [0, 0.05) is 6.42 Å². The zero-order chi connectivity index (χ0) is 26.1. The van der Waals surface area contributed by atoms with Gasteiger partial charge in [-0.15, -0.1) is 0 Å². The Kier molecular flexibility index (Phi) is 21.8. The van der Waals surface area contributed by atoms with Crippen molar-refractivity contribution in [2.45, 2.75) is 168 Å². The number of ether oxygens (including phenoxy) is 1. The smallest absolute Gasteiger partial charge is 0.311 e. The second-order valence-electron chi connectivity index (χ2n) is 10.9. The van der Waals surface area contributed by atoms with E-state index in [2.05, 4.69) is 26.0 Å². The van der Waals surface area contributed by atoms with Crippen LogP contribution >= 0.6 is 0 Å². The van der Waals surface area contributed by atoms with Gasteiger partial charge in [0.2, 0.25) is 0 Å². The summed E-state index contributed by atoms with van der Waals surface area (Å²) in [7, 11) is 0. The number of hydrogen-bond donors (Lipinski definition) is 1. The molecule has 0 saturated heterocycles. The predicted molar refractivity (Wildman–Crippen MR) is 155 cm³/mol. The van der Waals surface area contributed by atoms with E-state index in [-0.39, 0.29) is 12.1 Å². The van der Waals surface area contributed by atoms with Crippen LogP contribution in [0.2, 0.25) is 0 Å². The molecule has 0 radical (unpaired) electrons. The maximum Gasteiger partial charge on any atom is 0.311 e. The van der Waals surface area contributed by atoms with Gasteiger partial charge >= 0.3 is 5.97 Å². The molecule has 0 saturated carbocycles. The standard InChI is InChI=1S/C33H58O3/c1-3-5-7-9-11-12-14-16-19-23-31(34)24-20-17-21-25-33(35)36-32-28-26-30(27-29-32)22-18-15-13-10-8-6-4-2/h26-29,31,34H,3-25H2,1-2H3. The van der Waals surface area contributed by atoms with Crippen molar-refractivity contribution in [1.82, 2.24) is 0 Å². The average molecular weight is 503 g/mol. The summed E-state index contributed by atoms with van der Waals surface area (Å²) in [5, 5.41) is 10.2. The molecule has 0 spiro atoms. The van der Waals surface area contributed by atoms with Gasteiger partial charge < -0.3 is 9.84 Å². The summed E-state index contributed by atoms with van der Waals surface area (Å²) < 4.78 is 5.50. The number of aryl methyl sites for hydroxylation is 1. The molecule has 1 rings (SSSR count). The first-order chi connectivity index (χ1) is 17.7. The van der Waals surface area contributed by atoms with Crippen LogP contribution in [0.5, 0.6) is 5.75 Å².